The molecule has 0 radical (unpaired) electrons. The second kappa shape index (κ2) is 6.42. The van der Waals surface area contributed by atoms with Gasteiger partial charge in [0.1, 0.15) is 5.01 Å². The molecule has 0 spiro atoms. The number of thiazole rings is 1. The molecule has 20 heavy (non-hydrogen) atoms. The fourth-order valence-electron chi connectivity index (χ4n) is 2.32. The van der Waals surface area contributed by atoms with Crippen molar-refractivity contribution in [3.05, 3.63) is 38.6 Å². The zero-order chi connectivity index (χ0) is 14.1. The maximum Gasteiger partial charge on any atom is 0.108 e. The van der Waals surface area contributed by atoms with E-state index in [0.717, 1.165) is 10.2 Å². The molecule has 5 heteroatoms. The molecule has 1 aliphatic rings. The van der Waals surface area contributed by atoms with E-state index in [0.29, 0.717) is 10.5 Å². The van der Waals surface area contributed by atoms with Gasteiger partial charge in [0.05, 0.1) is 10.9 Å². The summed E-state index contributed by atoms with van der Waals surface area (Å²) < 4.78 is 1.11. The summed E-state index contributed by atoms with van der Waals surface area (Å²) in [5.74, 6) is 2.51. The molecular formula is C15H16BrNS3. The van der Waals surface area contributed by atoms with E-state index in [1.54, 1.807) is 0 Å². The maximum atomic E-state index is 4.95. The SMILES string of the molecule is Cc1sc(C2SCCSC2C)nc1-c1ccc(Br)cc1. The highest BCUT2D eigenvalue weighted by Crippen LogP contribution is 2.45. The first-order chi connectivity index (χ1) is 9.65. The number of thioether (sulfide) groups is 2. The van der Waals surface area contributed by atoms with Crippen molar-refractivity contribution in [2.24, 2.45) is 0 Å². The van der Waals surface area contributed by atoms with Crippen molar-refractivity contribution in [2.75, 3.05) is 11.5 Å². The van der Waals surface area contributed by atoms with Gasteiger partial charge in [0.2, 0.25) is 0 Å². The lowest BCUT2D eigenvalue weighted by atomic mass is 10.1. The van der Waals surface area contributed by atoms with Gasteiger partial charge in [-0.1, -0.05) is 35.0 Å². The van der Waals surface area contributed by atoms with Crippen LogP contribution in [-0.2, 0) is 0 Å². The standard InChI is InChI=1S/C15H16BrNS3/c1-9-13(11-3-5-12(16)6-4-11)17-15(20-9)14-10(2)18-7-8-19-14/h3-6,10,14H,7-8H2,1-2H3. The Morgan fingerprint density at radius 3 is 2.55 bits per heavy atom. The lowest BCUT2D eigenvalue weighted by Crippen LogP contribution is -2.15. The van der Waals surface area contributed by atoms with E-state index in [1.165, 1.54) is 27.0 Å². The molecule has 2 aromatic rings. The van der Waals surface area contributed by atoms with E-state index in [1.807, 2.05) is 11.3 Å². The third-order valence-corrected chi connectivity index (χ3v) is 8.19. The molecule has 0 amide bonds. The van der Waals surface area contributed by atoms with Crippen LogP contribution in [0, 0.1) is 6.92 Å². The number of aryl methyl sites for hydroxylation is 1. The Morgan fingerprint density at radius 1 is 1.15 bits per heavy atom. The van der Waals surface area contributed by atoms with E-state index < -0.39 is 0 Å². The quantitative estimate of drug-likeness (QED) is 0.648. The zero-order valence-electron chi connectivity index (χ0n) is 11.4. The third kappa shape index (κ3) is 3.11. The highest BCUT2D eigenvalue weighted by molar-refractivity contribution is 9.10. The Morgan fingerprint density at radius 2 is 1.85 bits per heavy atom. The van der Waals surface area contributed by atoms with Gasteiger partial charge in [0.25, 0.3) is 0 Å². The normalized spacial score (nSPS) is 22.9. The summed E-state index contributed by atoms with van der Waals surface area (Å²) >= 11 is 9.49. The van der Waals surface area contributed by atoms with Crippen molar-refractivity contribution in [1.82, 2.24) is 4.98 Å². The van der Waals surface area contributed by atoms with Gasteiger partial charge in [-0.3, -0.25) is 0 Å². The van der Waals surface area contributed by atoms with Crippen LogP contribution in [0.5, 0.6) is 0 Å². The van der Waals surface area contributed by atoms with Crippen LogP contribution >= 0.6 is 50.8 Å². The number of halogens is 1. The number of benzene rings is 1. The topological polar surface area (TPSA) is 12.9 Å². The van der Waals surface area contributed by atoms with Crippen molar-refractivity contribution in [1.29, 1.82) is 0 Å². The molecule has 1 aromatic heterocycles. The molecule has 1 fully saturated rings. The van der Waals surface area contributed by atoms with Gasteiger partial charge in [-0.2, -0.15) is 11.8 Å². The maximum absolute atomic E-state index is 4.95. The van der Waals surface area contributed by atoms with Gasteiger partial charge < -0.3 is 0 Å². The van der Waals surface area contributed by atoms with E-state index in [4.69, 9.17) is 4.98 Å². The van der Waals surface area contributed by atoms with Crippen LogP contribution in [-0.4, -0.2) is 21.7 Å². The first-order valence-corrected chi connectivity index (χ1v) is 10.3. The largest absolute Gasteiger partial charge is 0.240 e. The molecule has 1 nitrogen and oxygen atoms in total. The highest BCUT2D eigenvalue weighted by atomic mass is 79.9. The van der Waals surface area contributed by atoms with Gasteiger partial charge in [-0.05, 0) is 19.1 Å². The van der Waals surface area contributed by atoms with Crippen molar-refractivity contribution in [3.63, 3.8) is 0 Å². The molecule has 2 atom stereocenters. The minimum absolute atomic E-state index is 0.557. The summed E-state index contributed by atoms with van der Waals surface area (Å²) in [6, 6.07) is 8.45. The minimum Gasteiger partial charge on any atom is -0.240 e. The van der Waals surface area contributed by atoms with Crippen LogP contribution in [0.25, 0.3) is 11.3 Å². The van der Waals surface area contributed by atoms with Gasteiger partial charge >= 0.3 is 0 Å². The fraction of sp³-hybridized carbons (Fsp3) is 0.400. The van der Waals surface area contributed by atoms with E-state index >= 15 is 0 Å². The second-order valence-electron chi connectivity index (χ2n) is 4.83. The summed E-state index contributed by atoms with van der Waals surface area (Å²) in [5, 5.41) is 2.52. The third-order valence-electron chi connectivity index (χ3n) is 3.36. The van der Waals surface area contributed by atoms with Crippen LogP contribution in [0.15, 0.2) is 28.7 Å². The fourth-order valence-corrected chi connectivity index (χ4v) is 6.69. The summed E-state index contributed by atoms with van der Waals surface area (Å²) in [4.78, 5) is 6.28. The Balaban J connectivity index is 1.92. The highest BCUT2D eigenvalue weighted by Gasteiger charge is 2.27. The lowest BCUT2D eigenvalue weighted by molar-refractivity contribution is 0.896. The van der Waals surface area contributed by atoms with E-state index in [2.05, 4.69) is 77.6 Å². The number of nitrogens with zero attached hydrogens (tertiary/aromatic N) is 1. The molecule has 0 aliphatic carbocycles. The molecule has 1 aliphatic heterocycles. The monoisotopic (exact) mass is 385 g/mol. The Kier molecular flexibility index (Phi) is 4.80. The molecule has 0 saturated carbocycles. The van der Waals surface area contributed by atoms with Crippen molar-refractivity contribution < 1.29 is 0 Å². The summed E-state index contributed by atoms with van der Waals surface area (Å²) in [6.45, 7) is 4.52. The Labute approximate surface area is 141 Å². The second-order valence-corrected chi connectivity index (χ2v) is 9.72. The van der Waals surface area contributed by atoms with Gasteiger partial charge in [0.15, 0.2) is 0 Å². The average Bonchev–Trinajstić information content (AvgIpc) is 2.82. The first-order valence-electron chi connectivity index (χ1n) is 6.61. The van der Waals surface area contributed by atoms with Gasteiger partial charge in [-0.25, -0.2) is 4.98 Å². The Hall–Kier alpha value is 0.0300. The predicted octanol–water partition coefficient (Wildman–Crippen LogP) is 5.79. The van der Waals surface area contributed by atoms with Crippen molar-refractivity contribution >= 4 is 50.8 Å². The minimum atomic E-state index is 0.557. The number of hydrogen-bond donors (Lipinski definition) is 0. The molecule has 1 aromatic carbocycles. The van der Waals surface area contributed by atoms with Crippen LogP contribution in [0.2, 0.25) is 0 Å². The molecule has 0 bridgehead atoms. The zero-order valence-corrected chi connectivity index (χ0v) is 15.5. The molecule has 3 rings (SSSR count). The lowest BCUT2D eigenvalue weighted by Gasteiger charge is -2.25. The average molecular weight is 386 g/mol. The van der Waals surface area contributed by atoms with Crippen LogP contribution in [0.1, 0.15) is 22.1 Å². The van der Waals surface area contributed by atoms with Gasteiger partial charge in [-0.15, -0.1) is 23.1 Å². The van der Waals surface area contributed by atoms with Crippen LogP contribution in [0.4, 0.5) is 0 Å². The number of rotatable bonds is 2. The molecule has 1 saturated heterocycles. The molecular weight excluding hydrogens is 370 g/mol. The van der Waals surface area contributed by atoms with Crippen LogP contribution < -0.4 is 0 Å². The molecule has 106 valence electrons. The van der Waals surface area contributed by atoms with Gasteiger partial charge in [0, 0.05) is 31.7 Å². The summed E-state index contributed by atoms with van der Waals surface area (Å²) in [5.41, 5.74) is 2.37. The van der Waals surface area contributed by atoms with Crippen molar-refractivity contribution in [2.45, 2.75) is 24.3 Å². The number of hydrogen-bond acceptors (Lipinski definition) is 4. The molecule has 2 unspecified atom stereocenters. The molecule has 2 heterocycles. The molecule has 0 N–H and O–H groups in total. The van der Waals surface area contributed by atoms with E-state index in [9.17, 15) is 0 Å². The first kappa shape index (κ1) is 14.9. The van der Waals surface area contributed by atoms with Crippen LogP contribution in [0.3, 0.4) is 0 Å². The summed E-state index contributed by atoms with van der Waals surface area (Å²) in [6.07, 6.45) is 0. The predicted molar refractivity (Wildman–Crippen MR) is 97.1 cm³/mol. The Bertz CT molecular complexity index is 594. The smallest absolute Gasteiger partial charge is 0.108 e. The van der Waals surface area contributed by atoms with E-state index in [-0.39, 0.29) is 0 Å². The van der Waals surface area contributed by atoms with Crippen molar-refractivity contribution in [3.8, 4) is 11.3 Å². The number of aromatic nitrogens is 1. The summed E-state index contributed by atoms with van der Waals surface area (Å²) in [7, 11) is 0.